The van der Waals surface area contributed by atoms with E-state index in [1.807, 2.05) is 19.9 Å². The zero-order chi connectivity index (χ0) is 37.5. The Morgan fingerprint density at radius 1 is 0.981 bits per heavy atom. The maximum absolute atomic E-state index is 13.9. The monoisotopic (exact) mass is 729 g/mol. The van der Waals surface area contributed by atoms with Gasteiger partial charge in [0.2, 0.25) is 0 Å². The van der Waals surface area contributed by atoms with Crippen molar-refractivity contribution in [1.82, 2.24) is 24.9 Å². The van der Waals surface area contributed by atoms with E-state index < -0.39 is 23.8 Å². The first-order chi connectivity index (χ1) is 25.6. The largest absolute Gasteiger partial charge is 0.393 e. The number of ether oxygens (including phenoxy) is 1. The third-order valence-corrected chi connectivity index (χ3v) is 9.23. The zero-order valence-electron chi connectivity index (χ0n) is 29.8. The van der Waals surface area contributed by atoms with E-state index in [0.717, 1.165) is 42.9 Å². The van der Waals surface area contributed by atoms with Gasteiger partial charge in [-0.3, -0.25) is 14.8 Å². The molecule has 0 radical (unpaired) electrons. The van der Waals surface area contributed by atoms with Crippen LogP contribution in [0.25, 0.3) is 0 Å². The lowest BCUT2D eigenvalue weighted by Gasteiger charge is -2.23. The summed E-state index contributed by atoms with van der Waals surface area (Å²) in [4.78, 5) is 45.2. The number of aliphatic hydroxyl groups is 1. The van der Waals surface area contributed by atoms with Crippen LogP contribution in [0.2, 0.25) is 0 Å². The molecule has 278 valence electrons. The predicted molar refractivity (Wildman–Crippen MR) is 191 cm³/mol. The molecule has 0 bridgehead atoms. The Morgan fingerprint density at radius 3 is 2.42 bits per heavy atom. The van der Waals surface area contributed by atoms with Crippen LogP contribution in [-0.4, -0.2) is 72.8 Å². The maximum atomic E-state index is 13.9. The minimum atomic E-state index is -1.18. The summed E-state index contributed by atoms with van der Waals surface area (Å²) >= 11 is 0. The van der Waals surface area contributed by atoms with E-state index in [4.69, 9.17) is 14.4 Å². The van der Waals surface area contributed by atoms with Gasteiger partial charge in [-0.1, -0.05) is 17.2 Å². The fourth-order valence-corrected chi connectivity index (χ4v) is 5.68. The van der Waals surface area contributed by atoms with Crippen molar-refractivity contribution in [2.24, 2.45) is 22.1 Å². The van der Waals surface area contributed by atoms with E-state index in [0.29, 0.717) is 53.9 Å². The summed E-state index contributed by atoms with van der Waals surface area (Å²) in [5.74, 6) is -0.563. The summed E-state index contributed by atoms with van der Waals surface area (Å²) in [5, 5.41) is 24.9. The molecule has 6 rings (SSSR count). The molecule has 0 aromatic carbocycles. The molecule has 3 N–H and O–H groups in total. The van der Waals surface area contributed by atoms with Crippen LogP contribution in [0.3, 0.4) is 0 Å². The van der Waals surface area contributed by atoms with E-state index in [1.165, 1.54) is 31.7 Å². The molecule has 0 spiro atoms. The third-order valence-electron chi connectivity index (χ3n) is 9.23. The van der Waals surface area contributed by atoms with Crippen molar-refractivity contribution in [2.45, 2.75) is 71.8 Å². The molecule has 4 aromatic rings. The Morgan fingerprint density at radius 2 is 1.74 bits per heavy atom. The lowest BCUT2D eigenvalue weighted by atomic mass is 10.1. The first kappa shape index (κ1) is 37.3. The number of aromatic nitrogens is 5. The summed E-state index contributed by atoms with van der Waals surface area (Å²) in [6.45, 7) is 7.97. The molecule has 16 heteroatoms. The molecule has 5 heterocycles. The minimum absolute atomic E-state index is 0.103. The summed E-state index contributed by atoms with van der Waals surface area (Å²) in [6, 6.07) is 3.54. The number of aliphatic hydroxyl groups excluding tert-OH is 1. The van der Waals surface area contributed by atoms with Gasteiger partial charge in [-0.2, -0.15) is 0 Å². The molecule has 1 amide bonds. The summed E-state index contributed by atoms with van der Waals surface area (Å²) in [6.07, 6.45) is 11.1. The van der Waals surface area contributed by atoms with Crippen LogP contribution in [0.5, 0.6) is 0 Å². The van der Waals surface area contributed by atoms with E-state index in [9.17, 15) is 18.7 Å². The number of nitrogens with one attached hydrogen (secondary N) is 2. The van der Waals surface area contributed by atoms with Gasteiger partial charge in [-0.05, 0) is 70.1 Å². The number of nitrogens with zero attached hydrogens (tertiary/aromatic N) is 7. The Bertz CT molecular complexity index is 1960. The number of pyridine rings is 3. The number of anilines is 2. The number of halogens is 2. The van der Waals surface area contributed by atoms with Crippen LogP contribution in [0.1, 0.15) is 84.1 Å². The standard InChI is InChI=1S/C37H41F2N9O5/c1-5-31(24-8-9-33(43-11-24)45-36(49)27-12-40-14-29(38)21(27)3)47-52-20(2)6-7-23-10-26(23)35(48-53-25-18-51-19-25)32-16-44-34(17-42-32)46-37(50)28-13-41-15-30(39)22(28)4/h8-9,11-17,20,23,25-26,36,49H,5-7,10,18-19H2,1-4H3,(H,43,45)(H,44,46,50)/b47-31+,48-35+. The molecule has 1 saturated carbocycles. The van der Waals surface area contributed by atoms with Crippen molar-refractivity contribution >= 4 is 29.0 Å². The molecule has 4 unspecified atom stereocenters. The highest BCUT2D eigenvalue weighted by molar-refractivity contribution is 6.05. The molecule has 2 fully saturated rings. The normalized spacial score (nSPS) is 18.5. The van der Waals surface area contributed by atoms with Gasteiger partial charge in [0.15, 0.2) is 18.1 Å². The van der Waals surface area contributed by atoms with Crippen LogP contribution in [0, 0.1) is 37.3 Å². The summed E-state index contributed by atoms with van der Waals surface area (Å²) < 4.78 is 33.0. The first-order valence-electron chi connectivity index (χ1n) is 17.4. The van der Waals surface area contributed by atoms with Crippen molar-refractivity contribution in [2.75, 3.05) is 23.8 Å². The number of hydrogen-bond donors (Lipinski definition) is 3. The Hall–Kier alpha value is -5.48. The number of hydrogen-bond acceptors (Lipinski definition) is 13. The third kappa shape index (κ3) is 9.31. The Labute approximate surface area is 305 Å². The lowest BCUT2D eigenvalue weighted by molar-refractivity contribution is -0.129. The minimum Gasteiger partial charge on any atom is -0.393 e. The van der Waals surface area contributed by atoms with Gasteiger partial charge in [0, 0.05) is 41.2 Å². The van der Waals surface area contributed by atoms with Gasteiger partial charge in [0.05, 0.1) is 49.3 Å². The average molecular weight is 730 g/mol. The maximum Gasteiger partial charge on any atom is 0.258 e. The fourth-order valence-electron chi connectivity index (χ4n) is 5.68. The molecule has 2 aliphatic rings. The van der Waals surface area contributed by atoms with Crippen molar-refractivity contribution in [3.05, 3.63) is 101 Å². The topological polar surface area (TPSA) is 178 Å². The zero-order valence-corrected chi connectivity index (χ0v) is 29.8. The number of amides is 1. The smallest absolute Gasteiger partial charge is 0.258 e. The predicted octanol–water partition coefficient (Wildman–Crippen LogP) is 5.67. The summed E-state index contributed by atoms with van der Waals surface area (Å²) in [5.41, 5.74) is 3.65. The molecule has 53 heavy (non-hydrogen) atoms. The van der Waals surface area contributed by atoms with Crippen LogP contribution < -0.4 is 10.6 Å². The molecule has 4 aromatic heterocycles. The van der Waals surface area contributed by atoms with Crippen LogP contribution in [-0.2, 0) is 14.4 Å². The van der Waals surface area contributed by atoms with Gasteiger partial charge < -0.3 is 30.2 Å². The highest BCUT2D eigenvalue weighted by Crippen LogP contribution is 2.45. The van der Waals surface area contributed by atoms with Gasteiger partial charge in [-0.25, -0.2) is 23.7 Å². The van der Waals surface area contributed by atoms with Gasteiger partial charge in [0.25, 0.3) is 5.91 Å². The number of oxime groups is 2. The SMILES string of the molecule is CC/C(=N\OC(C)CCC1CC1/C(=N\OC1COC1)c1cnc(NC(=O)c2cncc(F)c2C)cn1)c1ccc(NC(O)c2cncc(F)c2C)nc1. The second-order valence-corrected chi connectivity index (χ2v) is 13.1. The van der Waals surface area contributed by atoms with Crippen LogP contribution in [0.15, 0.2) is 65.8 Å². The number of carbonyl (C=O) groups excluding carboxylic acids is 1. The fraction of sp³-hybridized carbons (Fsp3) is 0.405. The Balaban J connectivity index is 1.02. The van der Waals surface area contributed by atoms with E-state index in [2.05, 4.69) is 45.9 Å². The molecule has 1 saturated heterocycles. The molecule has 1 aliphatic carbocycles. The molecular weight excluding hydrogens is 688 g/mol. The first-order valence-corrected chi connectivity index (χ1v) is 17.4. The highest BCUT2D eigenvalue weighted by Gasteiger charge is 2.42. The second-order valence-electron chi connectivity index (χ2n) is 13.1. The van der Waals surface area contributed by atoms with E-state index in [1.54, 1.807) is 19.2 Å². The van der Waals surface area contributed by atoms with Gasteiger partial charge in [0.1, 0.15) is 35.0 Å². The summed E-state index contributed by atoms with van der Waals surface area (Å²) in [7, 11) is 0. The van der Waals surface area contributed by atoms with Crippen molar-refractivity contribution < 1.29 is 33.1 Å². The van der Waals surface area contributed by atoms with Gasteiger partial charge >= 0.3 is 0 Å². The molecule has 1 aliphatic heterocycles. The molecular formula is C37H41F2N9O5. The van der Waals surface area contributed by atoms with Crippen molar-refractivity contribution in [3.8, 4) is 0 Å². The lowest BCUT2D eigenvalue weighted by Crippen LogP contribution is -2.35. The van der Waals surface area contributed by atoms with E-state index in [-0.39, 0.29) is 35.1 Å². The number of rotatable bonds is 16. The quantitative estimate of drug-likeness (QED) is 0.0736. The molecule has 4 atom stereocenters. The van der Waals surface area contributed by atoms with Crippen molar-refractivity contribution in [3.63, 3.8) is 0 Å². The second kappa shape index (κ2) is 16.9. The molecule has 14 nitrogen and oxygen atoms in total. The van der Waals surface area contributed by atoms with E-state index >= 15 is 0 Å². The average Bonchev–Trinajstić information content (AvgIpc) is 3.91. The van der Waals surface area contributed by atoms with Crippen molar-refractivity contribution in [1.29, 1.82) is 0 Å². The highest BCUT2D eigenvalue weighted by atomic mass is 19.1. The van der Waals surface area contributed by atoms with Crippen LogP contribution in [0.4, 0.5) is 20.4 Å². The Kier molecular flexibility index (Phi) is 11.9. The van der Waals surface area contributed by atoms with Gasteiger partial charge in [-0.15, -0.1) is 0 Å². The number of carbonyl (C=O) groups is 1. The van der Waals surface area contributed by atoms with Crippen LogP contribution >= 0.6 is 0 Å².